The van der Waals surface area contributed by atoms with Gasteiger partial charge in [-0.05, 0) is 126 Å². The van der Waals surface area contributed by atoms with Crippen LogP contribution in [0.1, 0.15) is 161 Å². The van der Waals surface area contributed by atoms with Crippen molar-refractivity contribution in [2.24, 2.45) is 29.1 Å². The lowest BCUT2D eigenvalue weighted by molar-refractivity contribution is -0.155. The van der Waals surface area contributed by atoms with E-state index in [-0.39, 0.29) is 37.2 Å². The van der Waals surface area contributed by atoms with Gasteiger partial charge in [0.2, 0.25) is 0 Å². The minimum absolute atomic E-state index is 0.0176. The van der Waals surface area contributed by atoms with Crippen molar-refractivity contribution in [2.45, 2.75) is 161 Å². The molecular weight excluding hydrogens is 630 g/mol. The third kappa shape index (κ3) is 16.1. The average Bonchev–Trinajstić information content (AvgIpc) is 3.61. The molecule has 0 aromatic rings. The summed E-state index contributed by atoms with van der Waals surface area (Å²) in [6, 6.07) is 0. The number of carbonyl (C=O) groups excluding carboxylic acids is 3. The molecule has 0 radical (unpaired) electrons. The number of rotatable bonds is 27. The second-order valence-electron chi connectivity index (χ2n) is 16.5. The summed E-state index contributed by atoms with van der Waals surface area (Å²) in [4.78, 5) is 40.4. The van der Waals surface area contributed by atoms with E-state index in [1.54, 1.807) is 0 Å². The van der Waals surface area contributed by atoms with Crippen LogP contribution in [0.15, 0.2) is 12.2 Å². The van der Waals surface area contributed by atoms with Crippen molar-refractivity contribution >= 4 is 18.1 Å². The van der Waals surface area contributed by atoms with E-state index < -0.39 is 12.1 Å². The Bertz CT molecular complexity index is 971. The molecule has 0 aromatic carbocycles. The van der Waals surface area contributed by atoms with E-state index in [2.05, 4.69) is 24.0 Å². The van der Waals surface area contributed by atoms with Gasteiger partial charge >= 0.3 is 18.1 Å². The van der Waals surface area contributed by atoms with Crippen LogP contribution in [0.2, 0.25) is 0 Å². The van der Waals surface area contributed by atoms with E-state index in [0.29, 0.717) is 19.4 Å². The summed E-state index contributed by atoms with van der Waals surface area (Å²) in [7, 11) is 0. The second-order valence-corrected chi connectivity index (χ2v) is 16.5. The number of carbonyl (C=O) groups is 3. The number of hydrogen-bond donors (Lipinski definition) is 0. The van der Waals surface area contributed by atoms with Crippen molar-refractivity contribution in [3.8, 4) is 0 Å². The van der Waals surface area contributed by atoms with Crippen molar-refractivity contribution in [1.29, 1.82) is 0 Å². The highest BCUT2D eigenvalue weighted by atomic mass is 16.7. The molecule has 50 heavy (non-hydrogen) atoms. The highest BCUT2D eigenvalue weighted by Crippen LogP contribution is 2.61. The highest BCUT2D eigenvalue weighted by Gasteiger charge is 2.51. The zero-order valence-electron chi connectivity index (χ0n) is 31.7. The lowest BCUT2D eigenvalue weighted by atomic mass is 9.49. The molecule has 1 aliphatic heterocycles. The summed E-state index contributed by atoms with van der Waals surface area (Å²) in [5.74, 6) is 1.47. The Morgan fingerprint density at radius 3 is 1.82 bits per heavy atom. The van der Waals surface area contributed by atoms with E-state index >= 15 is 0 Å². The van der Waals surface area contributed by atoms with Gasteiger partial charge < -0.3 is 23.8 Å². The number of likely N-dealkylation sites (tertiary alicyclic amines) is 1. The van der Waals surface area contributed by atoms with Gasteiger partial charge in [0.05, 0.1) is 18.9 Å². The van der Waals surface area contributed by atoms with E-state index in [4.69, 9.17) is 18.9 Å². The number of unbranched alkanes of at least 4 members (excludes halogenated alkanes) is 11. The molecule has 0 aromatic heterocycles. The Morgan fingerprint density at radius 1 is 0.660 bits per heavy atom. The fraction of sp³-hybridized carbons (Fsp3) is 0.881. The molecule has 1 heterocycles. The van der Waals surface area contributed by atoms with Gasteiger partial charge in [0.15, 0.2) is 0 Å². The molecule has 8 heteroatoms. The first-order chi connectivity index (χ1) is 24.4. The predicted octanol–water partition coefficient (Wildman–Crippen LogP) is 9.97. The third-order valence-electron chi connectivity index (χ3n) is 11.8. The lowest BCUT2D eigenvalue weighted by Gasteiger charge is -2.56. The Labute approximate surface area is 304 Å². The zero-order valence-corrected chi connectivity index (χ0v) is 31.7. The van der Waals surface area contributed by atoms with Crippen LogP contribution in [-0.4, -0.2) is 69.1 Å². The fourth-order valence-corrected chi connectivity index (χ4v) is 9.52. The summed E-state index contributed by atoms with van der Waals surface area (Å²) < 4.78 is 22.1. The minimum atomic E-state index is -0.726. The topological polar surface area (TPSA) is 91.4 Å². The first-order valence-electron chi connectivity index (χ1n) is 20.9. The number of esters is 2. The summed E-state index contributed by atoms with van der Waals surface area (Å²) in [6.45, 7) is 5.82. The molecule has 286 valence electrons. The van der Waals surface area contributed by atoms with Crippen LogP contribution in [0, 0.1) is 29.1 Å². The first-order valence-corrected chi connectivity index (χ1v) is 20.9. The summed E-state index contributed by atoms with van der Waals surface area (Å²) in [6.07, 6.45) is 31.2. The van der Waals surface area contributed by atoms with Crippen molar-refractivity contribution < 1.29 is 33.3 Å². The monoisotopic (exact) mass is 702 g/mol. The molecule has 0 spiro atoms. The predicted molar refractivity (Wildman–Crippen MR) is 198 cm³/mol. The van der Waals surface area contributed by atoms with Gasteiger partial charge in [-0.15, -0.1) is 0 Å². The SMILES string of the molecule is CCCCCCCC/C=C/CCCCCCCC(=O)OCC(COC(=O)CC12CC3CC(CC(C3)C1)C2)COC(=O)OCCCN1CCCC1. The van der Waals surface area contributed by atoms with Crippen LogP contribution in [0.25, 0.3) is 0 Å². The summed E-state index contributed by atoms with van der Waals surface area (Å²) >= 11 is 0. The largest absolute Gasteiger partial charge is 0.508 e. The van der Waals surface area contributed by atoms with Gasteiger partial charge in [-0.25, -0.2) is 4.79 Å². The molecular formula is C42H71NO7. The Hall–Kier alpha value is -2.09. The molecule has 5 aliphatic rings. The first kappa shape index (κ1) is 40.7. The van der Waals surface area contributed by atoms with Crippen LogP contribution in [-0.2, 0) is 28.5 Å². The molecule has 1 atom stereocenters. The van der Waals surface area contributed by atoms with Crippen LogP contribution < -0.4 is 0 Å². The standard InChI is InChI=1S/C42H71NO7/c1-2-3-4-5-6-7-8-9-10-11-12-13-14-15-16-20-39(44)48-32-38(34-50-41(46)47-24-19-23-43-21-17-18-22-43)33-49-40(45)31-42-28-35-25-36(29-42)27-37(26-35)30-42/h9-10,35-38H,2-8,11-34H2,1H3/b10-9+. The normalized spacial score (nSPS) is 24.9. The van der Waals surface area contributed by atoms with E-state index in [9.17, 15) is 14.4 Å². The van der Waals surface area contributed by atoms with Gasteiger partial charge in [0.25, 0.3) is 0 Å². The molecule has 1 unspecified atom stereocenters. The van der Waals surface area contributed by atoms with Gasteiger partial charge in [0, 0.05) is 13.0 Å². The quantitative estimate of drug-likeness (QED) is 0.0362. The Balaban J connectivity index is 1.08. The number of ether oxygens (including phenoxy) is 4. The summed E-state index contributed by atoms with van der Waals surface area (Å²) in [5, 5.41) is 0. The Kier molecular flexibility index (Phi) is 19.1. The fourth-order valence-electron chi connectivity index (χ4n) is 9.52. The molecule has 8 nitrogen and oxygen atoms in total. The van der Waals surface area contributed by atoms with Crippen molar-refractivity contribution in [1.82, 2.24) is 4.90 Å². The van der Waals surface area contributed by atoms with Gasteiger partial charge in [-0.3, -0.25) is 9.59 Å². The molecule has 4 aliphatic carbocycles. The lowest BCUT2D eigenvalue weighted by Crippen LogP contribution is -2.47. The van der Waals surface area contributed by atoms with Crippen molar-refractivity contribution in [3.05, 3.63) is 12.2 Å². The van der Waals surface area contributed by atoms with Gasteiger partial charge in [-0.2, -0.15) is 0 Å². The number of allylic oxidation sites excluding steroid dienone is 2. The average molecular weight is 702 g/mol. The third-order valence-corrected chi connectivity index (χ3v) is 11.8. The zero-order chi connectivity index (χ0) is 35.3. The maximum absolute atomic E-state index is 13.1. The number of hydrogen-bond acceptors (Lipinski definition) is 8. The molecule has 0 amide bonds. The molecule has 5 fully saturated rings. The Morgan fingerprint density at radius 2 is 1.20 bits per heavy atom. The molecule has 0 N–H and O–H groups in total. The van der Waals surface area contributed by atoms with Crippen molar-refractivity contribution in [3.63, 3.8) is 0 Å². The maximum Gasteiger partial charge on any atom is 0.508 e. The minimum Gasteiger partial charge on any atom is -0.465 e. The van der Waals surface area contributed by atoms with Crippen LogP contribution in [0.3, 0.4) is 0 Å². The number of nitrogens with zero attached hydrogens (tertiary/aromatic N) is 1. The maximum atomic E-state index is 13.1. The van der Waals surface area contributed by atoms with Gasteiger partial charge in [0.1, 0.15) is 19.8 Å². The van der Waals surface area contributed by atoms with E-state index in [0.717, 1.165) is 88.8 Å². The van der Waals surface area contributed by atoms with Gasteiger partial charge in [-0.1, -0.05) is 70.4 Å². The van der Waals surface area contributed by atoms with Crippen molar-refractivity contribution in [2.75, 3.05) is 46.1 Å². The smallest absolute Gasteiger partial charge is 0.465 e. The highest BCUT2D eigenvalue weighted by molar-refractivity contribution is 5.70. The molecule has 4 bridgehead atoms. The van der Waals surface area contributed by atoms with E-state index in [1.807, 2.05) is 0 Å². The van der Waals surface area contributed by atoms with Crippen LogP contribution in [0.5, 0.6) is 0 Å². The molecule has 4 saturated carbocycles. The van der Waals surface area contributed by atoms with E-state index in [1.165, 1.54) is 89.9 Å². The molecule has 5 rings (SSSR count). The molecule has 1 saturated heterocycles. The van der Waals surface area contributed by atoms with Crippen LogP contribution >= 0.6 is 0 Å². The second kappa shape index (κ2) is 23.5. The van der Waals surface area contributed by atoms with Crippen LogP contribution in [0.4, 0.5) is 4.79 Å². The summed E-state index contributed by atoms with van der Waals surface area (Å²) in [5.41, 5.74) is 0.104.